The number of nitrogens with one attached hydrogen (secondary N) is 1. The van der Waals surface area contributed by atoms with Gasteiger partial charge in [0, 0.05) is 6.42 Å². The molecule has 0 aliphatic rings. The van der Waals surface area contributed by atoms with Crippen LogP contribution in [-0.4, -0.2) is 27.1 Å². The molecule has 4 rings (SSSR count). The third kappa shape index (κ3) is 3.06. The lowest BCUT2D eigenvalue weighted by molar-refractivity contribution is 0.0524. The zero-order valence-corrected chi connectivity index (χ0v) is 16.6. The number of nitrogens with zero attached hydrogens (tertiary/aromatic N) is 1. The van der Waals surface area contributed by atoms with Gasteiger partial charge in [-0.1, -0.05) is 30.3 Å². The van der Waals surface area contributed by atoms with Gasteiger partial charge in [0.15, 0.2) is 0 Å². The SMILES string of the molecule is CCOC(=O)c1c(O)c(Cc2ccccc2)c(=O)n2c1[nH]c1cc(C)c(C)cc12. The van der Waals surface area contributed by atoms with Gasteiger partial charge in [-0.05, 0) is 49.6 Å². The molecule has 2 heterocycles. The minimum atomic E-state index is -0.670. The number of rotatable bonds is 4. The van der Waals surface area contributed by atoms with E-state index in [1.165, 1.54) is 4.40 Å². The van der Waals surface area contributed by atoms with Crippen molar-refractivity contribution >= 4 is 22.6 Å². The molecule has 0 bridgehead atoms. The molecule has 0 radical (unpaired) electrons. The van der Waals surface area contributed by atoms with Crippen molar-refractivity contribution in [1.29, 1.82) is 0 Å². The summed E-state index contributed by atoms with van der Waals surface area (Å²) in [6.07, 6.45) is 0.207. The highest BCUT2D eigenvalue weighted by Crippen LogP contribution is 2.30. The summed E-state index contributed by atoms with van der Waals surface area (Å²) in [5.41, 5.74) is 4.34. The Morgan fingerprint density at radius 1 is 1.14 bits per heavy atom. The van der Waals surface area contributed by atoms with E-state index in [-0.39, 0.29) is 41.1 Å². The summed E-state index contributed by atoms with van der Waals surface area (Å²) in [6.45, 7) is 5.81. The number of aromatic hydroxyl groups is 1. The van der Waals surface area contributed by atoms with Crippen molar-refractivity contribution in [2.45, 2.75) is 27.2 Å². The Morgan fingerprint density at radius 3 is 2.52 bits per heavy atom. The molecule has 148 valence electrons. The Labute approximate surface area is 167 Å². The predicted octanol–water partition coefficient (Wildman–Crippen LogP) is 3.87. The van der Waals surface area contributed by atoms with Gasteiger partial charge in [-0.15, -0.1) is 0 Å². The first-order chi connectivity index (χ1) is 13.9. The van der Waals surface area contributed by atoms with E-state index in [9.17, 15) is 14.7 Å². The first-order valence-electron chi connectivity index (χ1n) is 9.53. The fraction of sp³-hybridized carbons (Fsp3) is 0.217. The Bertz CT molecular complexity index is 1300. The van der Waals surface area contributed by atoms with Gasteiger partial charge in [0.25, 0.3) is 5.56 Å². The number of aryl methyl sites for hydroxylation is 2. The maximum atomic E-state index is 13.4. The molecule has 0 saturated carbocycles. The molecule has 6 heteroatoms. The summed E-state index contributed by atoms with van der Waals surface area (Å²) < 4.78 is 6.64. The fourth-order valence-electron chi connectivity index (χ4n) is 3.63. The highest BCUT2D eigenvalue weighted by atomic mass is 16.5. The number of ether oxygens (including phenoxy) is 1. The summed E-state index contributed by atoms with van der Waals surface area (Å²) in [7, 11) is 0. The van der Waals surface area contributed by atoms with Crippen molar-refractivity contribution in [3.63, 3.8) is 0 Å². The standard InChI is InChI=1S/C23H22N2O4/c1-4-29-23(28)19-20(26)16(12-15-8-6-5-7-9-15)22(27)25-18-11-14(3)13(2)10-17(18)24-21(19)25/h5-11,24,26H,4,12H2,1-3H3. The van der Waals surface area contributed by atoms with Crippen LogP contribution in [0, 0.1) is 13.8 Å². The Morgan fingerprint density at radius 2 is 1.83 bits per heavy atom. The number of aromatic amines is 1. The van der Waals surface area contributed by atoms with Gasteiger partial charge in [-0.25, -0.2) is 4.79 Å². The van der Waals surface area contributed by atoms with Gasteiger partial charge in [-0.3, -0.25) is 9.20 Å². The smallest absolute Gasteiger partial charge is 0.345 e. The Hall–Kier alpha value is -3.54. The molecule has 0 atom stereocenters. The fourth-order valence-corrected chi connectivity index (χ4v) is 3.63. The molecule has 6 nitrogen and oxygen atoms in total. The van der Waals surface area contributed by atoms with Crippen molar-refractivity contribution in [2.75, 3.05) is 6.61 Å². The van der Waals surface area contributed by atoms with E-state index in [2.05, 4.69) is 4.98 Å². The Balaban J connectivity index is 2.10. The van der Waals surface area contributed by atoms with Crippen LogP contribution in [0.3, 0.4) is 0 Å². The van der Waals surface area contributed by atoms with Crippen LogP contribution in [-0.2, 0) is 11.2 Å². The van der Waals surface area contributed by atoms with Crippen LogP contribution >= 0.6 is 0 Å². The number of esters is 1. The summed E-state index contributed by atoms with van der Waals surface area (Å²) >= 11 is 0. The molecular weight excluding hydrogens is 368 g/mol. The van der Waals surface area contributed by atoms with Gasteiger partial charge in [0.2, 0.25) is 0 Å². The van der Waals surface area contributed by atoms with Crippen LogP contribution < -0.4 is 5.56 Å². The third-order valence-electron chi connectivity index (χ3n) is 5.25. The van der Waals surface area contributed by atoms with E-state index in [1.54, 1.807) is 6.92 Å². The lowest BCUT2D eigenvalue weighted by atomic mass is 10.0. The number of aromatic nitrogens is 2. The molecule has 29 heavy (non-hydrogen) atoms. The van der Waals surface area contributed by atoms with Gasteiger partial charge >= 0.3 is 5.97 Å². The van der Waals surface area contributed by atoms with Crippen LogP contribution in [0.15, 0.2) is 47.3 Å². The van der Waals surface area contributed by atoms with Gasteiger partial charge in [0.05, 0.1) is 23.2 Å². The van der Waals surface area contributed by atoms with Gasteiger partial charge < -0.3 is 14.8 Å². The minimum Gasteiger partial charge on any atom is -0.506 e. The number of hydrogen-bond donors (Lipinski definition) is 2. The maximum absolute atomic E-state index is 13.4. The normalized spacial score (nSPS) is 11.3. The quantitative estimate of drug-likeness (QED) is 0.518. The first-order valence-corrected chi connectivity index (χ1v) is 9.53. The maximum Gasteiger partial charge on any atom is 0.345 e. The van der Waals surface area contributed by atoms with E-state index in [1.807, 2.05) is 56.3 Å². The molecule has 2 aromatic carbocycles. The molecule has 0 unspecified atom stereocenters. The minimum absolute atomic E-state index is 0.0242. The summed E-state index contributed by atoms with van der Waals surface area (Å²) in [5.74, 6) is -1.01. The second-order valence-electron chi connectivity index (χ2n) is 7.15. The number of imidazole rings is 1. The predicted molar refractivity (Wildman–Crippen MR) is 112 cm³/mol. The zero-order valence-electron chi connectivity index (χ0n) is 16.6. The number of hydrogen-bond acceptors (Lipinski definition) is 4. The van der Waals surface area contributed by atoms with Crippen LogP contribution in [0.4, 0.5) is 0 Å². The number of pyridine rings is 1. The summed E-state index contributed by atoms with van der Waals surface area (Å²) in [4.78, 5) is 29.2. The second kappa shape index (κ2) is 7.13. The number of carbonyl (C=O) groups excluding carboxylic acids is 1. The molecule has 0 fully saturated rings. The van der Waals surface area contributed by atoms with E-state index in [4.69, 9.17) is 4.74 Å². The molecule has 0 aliphatic carbocycles. The van der Waals surface area contributed by atoms with Crippen LogP contribution in [0.2, 0.25) is 0 Å². The van der Waals surface area contributed by atoms with E-state index < -0.39 is 5.97 Å². The third-order valence-corrected chi connectivity index (χ3v) is 5.25. The van der Waals surface area contributed by atoms with Crippen LogP contribution in [0.25, 0.3) is 16.7 Å². The number of H-pyrrole nitrogens is 1. The number of benzene rings is 2. The van der Waals surface area contributed by atoms with Crippen molar-refractivity contribution in [3.05, 3.63) is 80.6 Å². The van der Waals surface area contributed by atoms with E-state index >= 15 is 0 Å². The highest BCUT2D eigenvalue weighted by Gasteiger charge is 2.26. The molecule has 0 amide bonds. The summed E-state index contributed by atoms with van der Waals surface area (Å²) in [6, 6.07) is 13.2. The highest BCUT2D eigenvalue weighted by molar-refractivity contribution is 6.01. The number of carbonyl (C=O) groups is 1. The zero-order chi connectivity index (χ0) is 20.7. The van der Waals surface area contributed by atoms with Crippen LogP contribution in [0.5, 0.6) is 5.75 Å². The van der Waals surface area contributed by atoms with Crippen molar-refractivity contribution in [3.8, 4) is 5.75 Å². The molecule has 2 aromatic heterocycles. The van der Waals surface area contributed by atoms with Crippen molar-refractivity contribution in [1.82, 2.24) is 9.38 Å². The molecule has 0 aliphatic heterocycles. The topological polar surface area (TPSA) is 83.8 Å². The first kappa shape index (κ1) is 18.8. The van der Waals surface area contributed by atoms with Gasteiger partial charge in [0.1, 0.15) is 17.0 Å². The van der Waals surface area contributed by atoms with E-state index in [0.29, 0.717) is 11.0 Å². The molecule has 0 spiro atoms. The average molecular weight is 390 g/mol. The van der Waals surface area contributed by atoms with Crippen molar-refractivity contribution in [2.24, 2.45) is 0 Å². The lowest BCUT2D eigenvalue weighted by Gasteiger charge is -2.11. The largest absolute Gasteiger partial charge is 0.506 e. The molecular formula is C23H22N2O4. The molecule has 4 aromatic rings. The number of fused-ring (bicyclic) bond motifs is 3. The molecule has 0 saturated heterocycles. The molecule has 2 N–H and O–H groups in total. The monoisotopic (exact) mass is 390 g/mol. The van der Waals surface area contributed by atoms with Crippen LogP contribution in [0.1, 0.15) is 39.5 Å². The summed E-state index contributed by atoms with van der Waals surface area (Å²) in [5, 5.41) is 10.9. The lowest BCUT2D eigenvalue weighted by Crippen LogP contribution is -2.22. The van der Waals surface area contributed by atoms with E-state index in [0.717, 1.165) is 16.7 Å². The second-order valence-corrected chi connectivity index (χ2v) is 7.15. The van der Waals surface area contributed by atoms with Crippen molar-refractivity contribution < 1.29 is 14.6 Å². The average Bonchev–Trinajstić information content (AvgIpc) is 3.04. The Kier molecular flexibility index (Phi) is 4.62. The van der Waals surface area contributed by atoms with Gasteiger partial charge in [-0.2, -0.15) is 0 Å².